The Bertz CT molecular complexity index is 3180. The van der Waals surface area contributed by atoms with E-state index >= 15 is 0 Å². The zero-order valence-corrected chi connectivity index (χ0v) is 31.1. The summed E-state index contributed by atoms with van der Waals surface area (Å²) in [5.41, 5.74) is 12.6. The Labute approximate surface area is 329 Å². The van der Waals surface area contributed by atoms with Gasteiger partial charge in [0, 0.05) is 47.9 Å². The molecule has 0 saturated heterocycles. The van der Waals surface area contributed by atoms with Gasteiger partial charge in [0.15, 0.2) is 0 Å². The third-order valence-corrected chi connectivity index (χ3v) is 13.1. The molecule has 0 saturated carbocycles. The van der Waals surface area contributed by atoms with Crippen LogP contribution in [0.2, 0.25) is 0 Å². The third kappa shape index (κ3) is 4.32. The van der Waals surface area contributed by atoms with Crippen LogP contribution in [0.25, 0.3) is 53.2 Å². The summed E-state index contributed by atoms with van der Waals surface area (Å²) in [7, 11) is 0. The third-order valence-electron chi connectivity index (χ3n) is 11.9. The van der Waals surface area contributed by atoms with Crippen molar-refractivity contribution in [1.29, 1.82) is 0 Å². The van der Waals surface area contributed by atoms with Gasteiger partial charge < -0.3 is 9.64 Å². The van der Waals surface area contributed by atoms with Gasteiger partial charge in [-0.25, -0.2) is 0 Å². The SMILES string of the molecule is c1ccc(-c2ccc(N(c3cccc4c3-c3ccccc3C43c4ccccc4Oc4c3ccc3ccccc43)c3cccc4sc5ccccc5c34)cc2)cc1. The summed E-state index contributed by atoms with van der Waals surface area (Å²) in [4.78, 5) is 2.51. The molecular formula is C53H33NOS. The fraction of sp³-hybridized carbons (Fsp3) is 0.0189. The first-order chi connectivity index (χ1) is 27.8. The first-order valence-corrected chi connectivity index (χ1v) is 20.0. The lowest BCUT2D eigenvalue weighted by Gasteiger charge is -2.40. The molecule has 1 unspecified atom stereocenters. The molecular weight excluding hydrogens is 699 g/mol. The molecule has 10 aromatic rings. The highest BCUT2D eigenvalue weighted by Crippen LogP contribution is 2.65. The van der Waals surface area contributed by atoms with Crippen molar-refractivity contribution in [2.75, 3.05) is 4.90 Å². The van der Waals surface area contributed by atoms with E-state index in [1.54, 1.807) is 0 Å². The fourth-order valence-corrected chi connectivity index (χ4v) is 10.8. The van der Waals surface area contributed by atoms with Gasteiger partial charge >= 0.3 is 0 Å². The van der Waals surface area contributed by atoms with Gasteiger partial charge in [0.1, 0.15) is 11.5 Å². The van der Waals surface area contributed by atoms with Crippen LogP contribution < -0.4 is 9.64 Å². The molecule has 0 amide bonds. The molecule has 1 aromatic heterocycles. The Morgan fingerprint density at radius 2 is 1.09 bits per heavy atom. The molecule has 9 aromatic carbocycles. The molecule has 3 heteroatoms. The van der Waals surface area contributed by atoms with E-state index in [9.17, 15) is 0 Å². The molecule has 0 bridgehead atoms. The van der Waals surface area contributed by atoms with Crippen LogP contribution in [-0.4, -0.2) is 0 Å². The molecule has 2 heterocycles. The smallest absolute Gasteiger partial charge is 0.140 e. The molecule has 0 fully saturated rings. The van der Waals surface area contributed by atoms with Crippen LogP contribution in [0, 0.1) is 0 Å². The minimum atomic E-state index is -0.597. The number of hydrogen-bond acceptors (Lipinski definition) is 3. The largest absolute Gasteiger partial charge is 0.456 e. The van der Waals surface area contributed by atoms with Crippen molar-refractivity contribution < 1.29 is 4.74 Å². The van der Waals surface area contributed by atoms with Gasteiger partial charge in [-0.05, 0) is 75.7 Å². The molecule has 262 valence electrons. The first kappa shape index (κ1) is 31.4. The molecule has 0 N–H and O–H groups in total. The molecule has 2 aliphatic rings. The van der Waals surface area contributed by atoms with Crippen molar-refractivity contribution >= 4 is 59.3 Å². The van der Waals surface area contributed by atoms with E-state index in [4.69, 9.17) is 4.74 Å². The number of thiophene rings is 1. The normalized spacial score (nSPS) is 15.0. The Kier molecular flexibility index (Phi) is 6.75. The van der Waals surface area contributed by atoms with Crippen LogP contribution in [-0.2, 0) is 5.41 Å². The summed E-state index contributed by atoms with van der Waals surface area (Å²) in [6.45, 7) is 0. The highest BCUT2D eigenvalue weighted by molar-refractivity contribution is 7.26. The summed E-state index contributed by atoms with van der Waals surface area (Å²) >= 11 is 1.86. The van der Waals surface area contributed by atoms with Crippen LogP contribution in [0.15, 0.2) is 200 Å². The molecule has 2 nitrogen and oxygen atoms in total. The van der Waals surface area contributed by atoms with E-state index in [1.165, 1.54) is 64.5 Å². The zero-order valence-electron chi connectivity index (χ0n) is 30.3. The van der Waals surface area contributed by atoms with E-state index < -0.39 is 5.41 Å². The lowest BCUT2D eigenvalue weighted by atomic mass is 9.65. The van der Waals surface area contributed by atoms with E-state index in [-0.39, 0.29) is 0 Å². The van der Waals surface area contributed by atoms with Crippen LogP contribution in [0.4, 0.5) is 17.1 Å². The maximum atomic E-state index is 6.94. The van der Waals surface area contributed by atoms with Gasteiger partial charge in [-0.15, -0.1) is 11.3 Å². The van der Waals surface area contributed by atoms with Crippen molar-refractivity contribution in [2.24, 2.45) is 0 Å². The van der Waals surface area contributed by atoms with E-state index in [2.05, 4.69) is 205 Å². The van der Waals surface area contributed by atoms with E-state index in [1.807, 2.05) is 11.3 Å². The predicted octanol–water partition coefficient (Wildman–Crippen LogP) is 14.8. The van der Waals surface area contributed by atoms with E-state index in [0.29, 0.717) is 0 Å². The molecule has 1 spiro atoms. The summed E-state index contributed by atoms with van der Waals surface area (Å²) in [6.07, 6.45) is 0. The highest BCUT2D eigenvalue weighted by atomic mass is 32.1. The van der Waals surface area contributed by atoms with Crippen LogP contribution in [0.3, 0.4) is 0 Å². The maximum absolute atomic E-state index is 6.94. The van der Waals surface area contributed by atoms with Crippen molar-refractivity contribution in [2.45, 2.75) is 5.41 Å². The average Bonchev–Trinajstić information content (AvgIpc) is 3.79. The Morgan fingerprint density at radius 3 is 1.98 bits per heavy atom. The molecule has 1 aliphatic heterocycles. The lowest BCUT2D eigenvalue weighted by molar-refractivity contribution is 0.441. The fourth-order valence-electron chi connectivity index (χ4n) is 9.63. The average molecular weight is 732 g/mol. The predicted molar refractivity (Wildman–Crippen MR) is 234 cm³/mol. The minimum absolute atomic E-state index is 0.597. The minimum Gasteiger partial charge on any atom is -0.456 e. The summed E-state index contributed by atoms with van der Waals surface area (Å²) in [5.74, 6) is 1.82. The second-order valence-electron chi connectivity index (χ2n) is 14.8. The quantitative estimate of drug-likeness (QED) is 0.179. The second-order valence-corrected chi connectivity index (χ2v) is 15.8. The number of hydrogen-bond donors (Lipinski definition) is 0. The number of nitrogens with zero attached hydrogens (tertiary/aromatic N) is 1. The number of rotatable bonds is 4. The van der Waals surface area contributed by atoms with Gasteiger partial charge in [-0.1, -0.05) is 158 Å². The molecule has 12 rings (SSSR count). The molecule has 0 radical (unpaired) electrons. The van der Waals surface area contributed by atoms with Crippen molar-refractivity contribution in [3.05, 3.63) is 222 Å². The van der Waals surface area contributed by atoms with Crippen LogP contribution >= 0.6 is 11.3 Å². The summed E-state index contributed by atoms with van der Waals surface area (Å²) < 4.78 is 9.51. The number of benzene rings is 9. The summed E-state index contributed by atoms with van der Waals surface area (Å²) in [5, 5.41) is 4.84. The summed E-state index contributed by atoms with van der Waals surface area (Å²) in [6, 6.07) is 73.1. The topological polar surface area (TPSA) is 12.5 Å². The number of ether oxygens (including phenoxy) is 1. The highest BCUT2D eigenvalue weighted by Gasteiger charge is 2.52. The number of fused-ring (bicyclic) bond motifs is 14. The Morgan fingerprint density at radius 1 is 0.429 bits per heavy atom. The van der Waals surface area contributed by atoms with Gasteiger partial charge in [-0.3, -0.25) is 0 Å². The van der Waals surface area contributed by atoms with Gasteiger partial charge in [0.2, 0.25) is 0 Å². The zero-order chi connectivity index (χ0) is 36.8. The molecule has 56 heavy (non-hydrogen) atoms. The molecule has 1 atom stereocenters. The van der Waals surface area contributed by atoms with Crippen LogP contribution in [0.1, 0.15) is 22.3 Å². The van der Waals surface area contributed by atoms with Crippen molar-refractivity contribution in [3.8, 4) is 33.8 Å². The molecule has 1 aliphatic carbocycles. The van der Waals surface area contributed by atoms with Gasteiger partial charge in [-0.2, -0.15) is 0 Å². The van der Waals surface area contributed by atoms with Crippen molar-refractivity contribution in [3.63, 3.8) is 0 Å². The standard InChI is InChI=1S/C53H33NOS/c1-2-14-34(15-3-1)35-28-31-37(32-29-35)54(46-24-13-27-49-51(46)40-19-7-11-26-48(40)56-49)45-23-12-22-43-50(45)39-18-6-8-20-41(39)53(43)42-21-9-10-25-47(42)55-52-38-17-5-4-16-36(38)30-33-44(52)53/h1-33H. The van der Waals surface area contributed by atoms with Crippen LogP contribution in [0.5, 0.6) is 11.5 Å². The first-order valence-electron chi connectivity index (χ1n) is 19.2. The Balaban J connectivity index is 1.18. The maximum Gasteiger partial charge on any atom is 0.140 e. The van der Waals surface area contributed by atoms with E-state index in [0.717, 1.165) is 39.5 Å². The Hall–Kier alpha value is -6.94. The number of anilines is 3. The number of para-hydroxylation sites is 1. The monoisotopic (exact) mass is 731 g/mol. The second kappa shape index (κ2) is 12.0. The van der Waals surface area contributed by atoms with Gasteiger partial charge in [0.25, 0.3) is 0 Å². The van der Waals surface area contributed by atoms with Crippen molar-refractivity contribution in [1.82, 2.24) is 0 Å². The lowest BCUT2D eigenvalue weighted by Crippen LogP contribution is -2.32. The van der Waals surface area contributed by atoms with Gasteiger partial charge in [0.05, 0.1) is 16.8 Å².